The van der Waals surface area contributed by atoms with Gasteiger partial charge in [-0.3, -0.25) is 0 Å². The summed E-state index contributed by atoms with van der Waals surface area (Å²) in [5.41, 5.74) is 1.07. The summed E-state index contributed by atoms with van der Waals surface area (Å²) in [4.78, 5) is -0.177. The van der Waals surface area contributed by atoms with Crippen LogP contribution < -0.4 is 0 Å². The lowest BCUT2D eigenvalue weighted by atomic mass is 10.1. The van der Waals surface area contributed by atoms with Crippen molar-refractivity contribution in [3.8, 4) is 11.1 Å². The van der Waals surface area contributed by atoms with Crippen molar-refractivity contribution in [1.82, 2.24) is 0 Å². The highest BCUT2D eigenvalue weighted by atomic mass is 32.2. The van der Waals surface area contributed by atoms with Crippen LogP contribution in [0.3, 0.4) is 0 Å². The van der Waals surface area contributed by atoms with Gasteiger partial charge in [0.2, 0.25) is 9.84 Å². The summed E-state index contributed by atoms with van der Waals surface area (Å²) in [6.07, 6.45) is 0. The number of sulfone groups is 1. The summed E-state index contributed by atoms with van der Waals surface area (Å²) in [6.45, 7) is 0. The Kier molecular flexibility index (Phi) is 4.62. The molecule has 3 rings (SSSR count). The monoisotopic (exact) mass is 358 g/mol. The molecule has 0 aliphatic heterocycles. The van der Waals surface area contributed by atoms with E-state index in [0.29, 0.717) is 11.1 Å². The first-order valence-corrected chi connectivity index (χ1v) is 9.70. The van der Waals surface area contributed by atoms with Crippen LogP contribution in [0.25, 0.3) is 11.1 Å². The number of hydrogen-bond acceptors (Lipinski definition) is 3. The normalized spacial score (nSPS) is 12.7. The highest BCUT2D eigenvalue weighted by molar-refractivity contribution is 7.92. The van der Waals surface area contributed by atoms with E-state index in [-0.39, 0.29) is 14.7 Å². The first-order valence-electron chi connectivity index (χ1n) is 7.11. The van der Waals surface area contributed by atoms with Crippen LogP contribution in [0.4, 0.5) is 0 Å². The molecule has 3 aromatic rings. The van der Waals surface area contributed by atoms with Crippen molar-refractivity contribution in [3.05, 3.63) is 78.9 Å². The standard InChI is InChI=1S/C18H14O4S2/c19-23(20)17-13-7-12-16(14-8-3-1-4-9-14)18(17)24(21,22)15-10-5-2-6-11-15/h1-13H,(H,19,20). The van der Waals surface area contributed by atoms with Gasteiger partial charge in [-0.25, -0.2) is 12.6 Å². The average molecular weight is 358 g/mol. The second-order valence-electron chi connectivity index (χ2n) is 5.06. The van der Waals surface area contributed by atoms with Crippen molar-refractivity contribution in [2.75, 3.05) is 0 Å². The maximum Gasteiger partial charge on any atom is 0.208 e. The van der Waals surface area contributed by atoms with Gasteiger partial charge in [0.25, 0.3) is 0 Å². The maximum absolute atomic E-state index is 13.1. The molecule has 0 bridgehead atoms. The van der Waals surface area contributed by atoms with Crippen molar-refractivity contribution >= 4 is 20.9 Å². The fourth-order valence-electron chi connectivity index (χ4n) is 2.49. The van der Waals surface area contributed by atoms with Gasteiger partial charge in [-0.05, 0) is 23.8 Å². The van der Waals surface area contributed by atoms with Crippen molar-refractivity contribution in [2.24, 2.45) is 0 Å². The molecule has 0 spiro atoms. The zero-order chi connectivity index (χ0) is 17.2. The Bertz CT molecular complexity index is 982. The van der Waals surface area contributed by atoms with Crippen LogP contribution in [0.1, 0.15) is 0 Å². The van der Waals surface area contributed by atoms with Gasteiger partial charge in [0, 0.05) is 5.56 Å². The molecule has 1 unspecified atom stereocenters. The molecule has 24 heavy (non-hydrogen) atoms. The van der Waals surface area contributed by atoms with Gasteiger partial charge >= 0.3 is 0 Å². The first kappa shape index (κ1) is 16.6. The average Bonchev–Trinajstić information content (AvgIpc) is 2.62. The van der Waals surface area contributed by atoms with Gasteiger partial charge in [0.1, 0.15) is 0 Å². The zero-order valence-corrected chi connectivity index (χ0v) is 14.1. The lowest BCUT2D eigenvalue weighted by Gasteiger charge is -2.14. The second-order valence-corrected chi connectivity index (χ2v) is 7.89. The Morgan fingerprint density at radius 3 is 1.92 bits per heavy atom. The predicted molar refractivity (Wildman–Crippen MR) is 92.8 cm³/mol. The fraction of sp³-hybridized carbons (Fsp3) is 0. The first-order chi connectivity index (χ1) is 11.5. The van der Waals surface area contributed by atoms with E-state index >= 15 is 0 Å². The van der Waals surface area contributed by atoms with Crippen LogP contribution in [0.2, 0.25) is 0 Å². The van der Waals surface area contributed by atoms with E-state index in [1.165, 1.54) is 18.2 Å². The quantitative estimate of drug-likeness (QED) is 0.721. The van der Waals surface area contributed by atoms with E-state index < -0.39 is 20.9 Å². The molecule has 0 aliphatic carbocycles. The minimum atomic E-state index is -3.95. The van der Waals surface area contributed by atoms with Crippen molar-refractivity contribution in [2.45, 2.75) is 14.7 Å². The van der Waals surface area contributed by atoms with E-state index in [1.807, 2.05) is 6.07 Å². The Morgan fingerprint density at radius 2 is 1.33 bits per heavy atom. The van der Waals surface area contributed by atoms with Gasteiger partial charge in [-0.15, -0.1) is 0 Å². The summed E-state index contributed by atoms with van der Waals surface area (Å²) in [7, 11) is -3.95. The van der Waals surface area contributed by atoms with Crippen LogP contribution in [-0.2, 0) is 20.9 Å². The van der Waals surface area contributed by atoms with Gasteiger partial charge in [0.05, 0.1) is 14.7 Å². The van der Waals surface area contributed by atoms with Crippen molar-refractivity contribution in [3.63, 3.8) is 0 Å². The summed E-state index contributed by atoms with van der Waals surface area (Å²) < 4.78 is 47.5. The van der Waals surface area contributed by atoms with E-state index in [9.17, 15) is 17.2 Å². The molecule has 0 heterocycles. The molecule has 3 aromatic carbocycles. The Hall–Kier alpha value is -2.28. The molecule has 0 aromatic heterocycles. The molecular formula is C18H14O4S2. The molecule has 4 nitrogen and oxygen atoms in total. The Balaban J connectivity index is 2.36. The van der Waals surface area contributed by atoms with Crippen LogP contribution in [0.5, 0.6) is 0 Å². The number of hydrogen-bond donors (Lipinski definition) is 1. The summed E-state index contributed by atoms with van der Waals surface area (Å²) in [5.74, 6) is 0. The smallest absolute Gasteiger partial charge is 0.208 e. The SMILES string of the molecule is O=S(O)c1cccc(-c2ccccc2)c1S(=O)(=O)c1ccccc1. The highest BCUT2D eigenvalue weighted by Gasteiger charge is 2.27. The van der Waals surface area contributed by atoms with Crippen molar-refractivity contribution < 1.29 is 17.2 Å². The predicted octanol–water partition coefficient (Wildman–Crippen LogP) is 3.77. The molecule has 1 atom stereocenters. The molecule has 0 saturated carbocycles. The summed E-state index contributed by atoms with van der Waals surface area (Å²) >= 11 is -2.42. The molecule has 1 N–H and O–H groups in total. The Labute approximate surface area is 143 Å². The molecule has 0 aliphatic rings. The molecule has 122 valence electrons. The summed E-state index contributed by atoms with van der Waals surface area (Å²) in [5, 5.41) is 0. The molecule has 0 fully saturated rings. The fourth-order valence-corrected chi connectivity index (χ4v) is 5.06. The van der Waals surface area contributed by atoms with Gasteiger partial charge in [-0.2, -0.15) is 0 Å². The summed E-state index contributed by atoms with van der Waals surface area (Å²) in [6, 6.07) is 21.4. The van der Waals surface area contributed by atoms with E-state index in [4.69, 9.17) is 0 Å². The molecule has 0 saturated heterocycles. The van der Waals surface area contributed by atoms with E-state index in [1.54, 1.807) is 54.6 Å². The van der Waals surface area contributed by atoms with E-state index in [2.05, 4.69) is 0 Å². The van der Waals surface area contributed by atoms with Gasteiger partial charge in [-0.1, -0.05) is 60.7 Å². The van der Waals surface area contributed by atoms with Gasteiger partial charge < -0.3 is 4.55 Å². The molecular weight excluding hydrogens is 344 g/mol. The van der Waals surface area contributed by atoms with E-state index in [0.717, 1.165) is 0 Å². The third-order valence-corrected chi connectivity index (χ3v) is 6.29. The third kappa shape index (κ3) is 3.03. The van der Waals surface area contributed by atoms with Crippen molar-refractivity contribution in [1.29, 1.82) is 0 Å². The second kappa shape index (κ2) is 6.68. The highest BCUT2D eigenvalue weighted by Crippen LogP contribution is 2.35. The van der Waals surface area contributed by atoms with Crippen LogP contribution in [0, 0.1) is 0 Å². The van der Waals surface area contributed by atoms with Crippen LogP contribution >= 0.6 is 0 Å². The van der Waals surface area contributed by atoms with Gasteiger partial charge in [0.15, 0.2) is 11.1 Å². The Morgan fingerprint density at radius 1 is 0.750 bits per heavy atom. The molecule has 0 radical (unpaired) electrons. The maximum atomic E-state index is 13.1. The lowest BCUT2D eigenvalue weighted by molar-refractivity contribution is 0.558. The number of rotatable bonds is 4. The zero-order valence-electron chi connectivity index (χ0n) is 12.5. The minimum absolute atomic E-state index is 0.0834. The number of benzene rings is 3. The lowest BCUT2D eigenvalue weighted by Crippen LogP contribution is -2.08. The van der Waals surface area contributed by atoms with Crippen LogP contribution in [-0.4, -0.2) is 17.2 Å². The molecule has 0 amide bonds. The van der Waals surface area contributed by atoms with Crippen LogP contribution in [0.15, 0.2) is 93.5 Å². The largest absolute Gasteiger partial charge is 0.302 e. The minimum Gasteiger partial charge on any atom is -0.302 e. The topological polar surface area (TPSA) is 71.4 Å². The third-order valence-electron chi connectivity index (χ3n) is 3.57. The molecule has 6 heteroatoms.